The van der Waals surface area contributed by atoms with Crippen LogP contribution in [0.15, 0.2) is 65.6 Å². The van der Waals surface area contributed by atoms with Crippen molar-refractivity contribution in [3.05, 3.63) is 72.0 Å². The summed E-state index contributed by atoms with van der Waals surface area (Å²) in [5.74, 6) is 0.413. The summed E-state index contributed by atoms with van der Waals surface area (Å²) in [5.41, 5.74) is 2.17. The van der Waals surface area contributed by atoms with E-state index in [1.807, 2.05) is 25.1 Å². The first-order valence-electron chi connectivity index (χ1n) is 11.3. The second-order valence-electron chi connectivity index (χ2n) is 8.04. The number of ether oxygens (including phenoxy) is 2. The van der Waals surface area contributed by atoms with Crippen molar-refractivity contribution in [2.75, 3.05) is 31.1 Å². The zero-order valence-corrected chi connectivity index (χ0v) is 20.4. The molecule has 0 aromatic heterocycles. The number of aryl methyl sites for hydroxylation is 1. The summed E-state index contributed by atoms with van der Waals surface area (Å²) >= 11 is 0. The molecule has 1 heterocycles. The molecule has 0 radical (unpaired) electrons. The molecule has 0 spiro atoms. The van der Waals surface area contributed by atoms with Crippen molar-refractivity contribution in [2.24, 2.45) is 0 Å². The molecular formula is C26H27FN2O5S. The lowest BCUT2D eigenvalue weighted by Gasteiger charge is -2.31. The van der Waals surface area contributed by atoms with Crippen LogP contribution in [-0.2, 0) is 21.2 Å². The van der Waals surface area contributed by atoms with E-state index in [4.69, 9.17) is 9.47 Å². The Balaban J connectivity index is 1.41. The average Bonchev–Trinajstić information content (AvgIpc) is 2.85. The Morgan fingerprint density at radius 3 is 2.60 bits per heavy atom. The number of carbonyl (C=O) groups excluding carboxylic acids is 1. The minimum absolute atomic E-state index is 0.0512. The van der Waals surface area contributed by atoms with E-state index >= 15 is 0 Å². The standard InChI is InChI=1S/C26H27FN2O5S/c1-3-34-23-13-10-18(15-24(23)33-2)7-6-14-28-26(30)17-29-22-12-11-19(27)16-21(22)20-8-4-5-9-25(20)35(29,31)32/h4-5,8-13,15-16H,3,6-7,14,17H2,1-2H3,(H,28,30). The normalized spacial score (nSPS) is 13.5. The van der Waals surface area contributed by atoms with Crippen molar-refractivity contribution in [1.29, 1.82) is 0 Å². The van der Waals surface area contributed by atoms with Crippen LogP contribution < -0.4 is 19.1 Å². The molecule has 3 aromatic carbocycles. The van der Waals surface area contributed by atoms with Gasteiger partial charge < -0.3 is 14.8 Å². The van der Waals surface area contributed by atoms with Crippen LogP contribution in [0.1, 0.15) is 18.9 Å². The predicted octanol–water partition coefficient (Wildman–Crippen LogP) is 4.16. The number of benzene rings is 3. The highest BCUT2D eigenvalue weighted by Gasteiger charge is 2.36. The van der Waals surface area contributed by atoms with Gasteiger partial charge in [0.2, 0.25) is 5.91 Å². The van der Waals surface area contributed by atoms with Gasteiger partial charge >= 0.3 is 0 Å². The quantitative estimate of drug-likeness (QED) is 0.448. The Morgan fingerprint density at radius 1 is 1.03 bits per heavy atom. The van der Waals surface area contributed by atoms with Crippen LogP contribution in [0.3, 0.4) is 0 Å². The molecule has 4 rings (SSSR count). The lowest BCUT2D eigenvalue weighted by molar-refractivity contribution is -0.119. The number of amides is 1. The van der Waals surface area contributed by atoms with Gasteiger partial charge in [-0.1, -0.05) is 24.3 Å². The number of nitrogens with zero attached hydrogens (tertiary/aromatic N) is 1. The Kier molecular flexibility index (Phi) is 7.25. The molecule has 0 saturated heterocycles. The van der Waals surface area contributed by atoms with E-state index in [-0.39, 0.29) is 10.6 Å². The molecule has 35 heavy (non-hydrogen) atoms. The number of methoxy groups -OCH3 is 1. The summed E-state index contributed by atoms with van der Waals surface area (Å²) in [6.07, 6.45) is 1.35. The molecule has 1 N–H and O–H groups in total. The molecule has 0 saturated carbocycles. The number of sulfonamides is 1. The van der Waals surface area contributed by atoms with Gasteiger partial charge in [0.25, 0.3) is 10.0 Å². The lowest BCUT2D eigenvalue weighted by Crippen LogP contribution is -2.42. The highest BCUT2D eigenvalue weighted by atomic mass is 32.2. The summed E-state index contributed by atoms with van der Waals surface area (Å²) in [4.78, 5) is 12.7. The van der Waals surface area contributed by atoms with Gasteiger partial charge in [-0.05, 0) is 61.7 Å². The minimum atomic E-state index is -3.97. The molecule has 184 valence electrons. The van der Waals surface area contributed by atoms with E-state index in [0.717, 1.165) is 9.87 Å². The van der Waals surface area contributed by atoms with E-state index in [1.165, 1.54) is 24.3 Å². The third-order valence-corrected chi connectivity index (χ3v) is 7.57. The Morgan fingerprint density at radius 2 is 1.83 bits per heavy atom. The number of halogens is 1. The second kappa shape index (κ2) is 10.4. The van der Waals surface area contributed by atoms with Crippen molar-refractivity contribution in [2.45, 2.75) is 24.7 Å². The molecule has 3 aromatic rings. The fourth-order valence-electron chi connectivity index (χ4n) is 4.12. The zero-order chi connectivity index (χ0) is 25.0. The first kappa shape index (κ1) is 24.5. The summed E-state index contributed by atoms with van der Waals surface area (Å²) in [5, 5.41) is 2.79. The third-order valence-electron chi connectivity index (χ3n) is 5.75. The first-order valence-corrected chi connectivity index (χ1v) is 12.8. The van der Waals surface area contributed by atoms with Crippen LogP contribution in [0.5, 0.6) is 11.5 Å². The van der Waals surface area contributed by atoms with Crippen LogP contribution in [0.25, 0.3) is 11.1 Å². The molecule has 9 heteroatoms. The van der Waals surface area contributed by atoms with Crippen LogP contribution in [0.2, 0.25) is 0 Å². The number of anilines is 1. The minimum Gasteiger partial charge on any atom is -0.493 e. The van der Waals surface area contributed by atoms with Crippen LogP contribution in [0, 0.1) is 5.82 Å². The Hall–Kier alpha value is -3.59. The fourth-order valence-corrected chi connectivity index (χ4v) is 5.77. The van der Waals surface area contributed by atoms with Gasteiger partial charge in [-0.25, -0.2) is 12.8 Å². The van der Waals surface area contributed by atoms with Gasteiger partial charge in [-0.3, -0.25) is 9.10 Å². The number of carbonyl (C=O) groups is 1. The smallest absolute Gasteiger partial charge is 0.265 e. The summed E-state index contributed by atoms with van der Waals surface area (Å²) < 4.78 is 52.4. The third kappa shape index (κ3) is 5.09. The SMILES string of the molecule is CCOc1ccc(CCCNC(=O)CN2c3ccc(F)cc3-c3ccccc3S2(=O)=O)cc1OC. The Bertz CT molecular complexity index is 1340. The second-order valence-corrected chi connectivity index (χ2v) is 9.87. The summed E-state index contributed by atoms with van der Waals surface area (Å²) in [7, 11) is -2.39. The van der Waals surface area contributed by atoms with E-state index in [1.54, 1.807) is 25.3 Å². The van der Waals surface area contributed by atoms with Crippen molar-refractivity contribution in [1.82, 2.24) is 5.32 Å². The maximum atomic E-state index is 14.0. The fraction of sp³-hybridized carbons (Fsp3) is 0.269. The van der Waals surface area contributed by atoms with E-state index in [2.05, 4.69) is 5.32 Å². The zero-order valence-electron chi connectivity index (χ0n) is 19.6. The van der Waals surface area contributed by atoms with Gasteiger partial charge in [-0.15, -0.1) is 0 Å². The molecule has 1 amide bonds. The van der Waals surface area contributed by atoms with Gasteiger partial charge in [0.05, 0.1) is 24.3 Å². The molecule has 1 aliphatic rings. The number of hydrogen-bond donors (Lipinski definition) is 1. The number of nitrogens with one attached hydrogen (secondary N) is 1. The molecule has 0 aliphatic carbocycles. The van der Waals surface area contributed by atoms with E-state index in [0.29, 0.717) is 48.6 Å². The molecular weight excluding hydrogens is 471 g/mol. The van der Waals surface area contributed by atoms with Crippen LogP contribution >= 0.6 is 0 Å². The van der Waals surface area contributed by atoms with Gasteiger partial charge in [0.1, 0.15) is 12.4 Å². The number of hydrogen-bond acceptors (Lipinski definition) is 5. The van der Waals surface area contributed by atoms with Crippen molar-refractivity contribution in [3.63, 3.8) is 0 Å². The van der Waals surface area contributed by atoms with Gasteiger partial charge in [0.15, 0.2) is 11.5 Å². The van der Waals surface area contributed by atoms with Crippen molar-refractivity contribution < 1.29 is 27.1 Å². The molecule has 1 aliphatic heterocycles. The van der Waals surface area contributed by atoms with Gasteiger partial charge in [-0.2, -0.15) is 0 Å². The van der Waals surface area contributed by atoms with E-state index in [9.17, 15) is 17.6 Å². The highest BCUT2D eigenvalue weighted by Crippen LogP contribution is 2.43. The molecule has 0 atom stereocenters. The van der Waals surface area contributed by atoms with Crippen LogP contribution in [0.4, 0.5) is 10.1 Å². The maximum Gasteiger partial charge on any atom is 0.265 e. The van der Waals surface area contributed by atoms with Crippen LogP contribution in [-0.4, -0.2) is 41.1 Å². The Labute approximate surface area is 204 Å². The highest BCUT2D eigenvalue weighted by molar-refractivity contribution is 7.93. The summed E-state index contributed by atoms with van der Waals surface area (Å²) in [6, 6.07) is 16.0. The molecule has 0 unspecified atom stereocenters. The van der Waals surface area contributed by atoms with Gasteiger partial charge in [0, 0.05) is 17.7 Å². The molecule has 7 nitrogen and oxygen atoms in total. The monoisotopic (exact) mass is 498 g/mol. The lowest BCUT2D eigenvalue weighted by atomic mass is 10.0. The molecule has 0 bridgehead atoms. The predicted molar refractivity (Wildman–Crippen MR) is 132 cm³/mol. The van der Waals surface area contributed by atoms with E-state index < -0.39 is 28.3 Å². The number of rotatable bonds is 9. The largest absolute Gasteiger partial charge is 0.493 e. The number of fused-ring (bicyclic) bond motifs is 3. The molecule has 0 fully saturated rings. The van der Waals surface area contributed by atoms with Crippen molar-refractivity contribution >= 4 is 21.6 Å². The summed E-state index contributed by atoms with van der Waals surface area (Å²) in [6.45, 7) is 2.42. The first-order chi connectivity index (χ1) is 16.8. The average molecular weight is 499 g/mol. The van der Waals surface area contributed by atoms with Crippen molar-refractivity contribution in [3.8, 4) is 22.6 Å². The topological polar surface area (TPSA) is 84.9 Å². The maximum absolute atomic E-state index is 14.0.